The van der Waals surface area contributed by atoms with E-state index in [9.17, 15) is 0 Å². The molecule has 96 valence electrons. The standard InChI is InChI=1S/C14H30N2/c1-6-7-8-12(15)11-9-13(2,3)16-14(4,5)10-11/h11-12,16H,6-10,15H2,1-5H3. The van der Waals surface area contributed by atoms with Gasteiger partial charge < -0.3 is 11.1 Å². The molecule has 1 fully saturated rings. The molecular formula is C14H30N2. The van der Waals surface area contributed by atoms with Crippen LogP contribution in [0.2, 0.25) is 0 Å². The van der Waals surface area contributed by atoms with E-state index >= 15 is 0 Å². The van der Waals surface area contributed by atoms with Crippen LogP contribution in [0.25, 0.3) is 0 Å². The SMILES string of the molecule is CCCCC(N)C1CC(C)(C)NC(C)(C)C1. The zero-order valence-corrected chi connectivity index (χ0v) is 11.8. The highest BCUT2D eigenvalue weighted by molar-refractivity contribution is 4.99. The Morgan fingerprint density at radius 2 is 1.69 bits per heavy atom. The molecule has 1 atom stereocenters. The van der Waals surface area contributed by atoms with Crippen LogP contribution in [0.4, 0.5) is 0 Å². The first kappa shape index (κ1) is 14.0. The van der Waals surface area contributed by atoms with Crippen molar-refractivity contribution in [3.63, 3.8) is 0 Å². The van der Waals surface area contributed by atoms with Crippen molar-refractivity contribution >= 4 is 0 Å². The molecule has 0 saturated carbocycles. The van der Waals surface area contributed by atoms with Gasteiger partial charge >= 0.3 is 0 Å². The van der Waals surface area contributed by atoms with Gasteiger partial charge in [-0.3, -0.25) is 0 Å². The molecule has 1 heterocycles. The van der Waals surface area contributed by atoms with E-state index in [2.05, 4.69) is 39.9 Å². The fourth-order valence-corrected chi connectivity index (χ4v) is 3.38. The largest absolute Gasteiger partial charge is 0.327 e. The Morgan fingerprint density at radius 3 is 2.12 bits per heavy atom. The monoisotopic (exact) mass is 226 g/mol. The third-order valence-corrected chi connectivity index (χ3v) is 3.72. The Kier molecular flexibility index (Phi) is 4.42. The minimum absolute atomic E-state index is 0.232. The van der Waals surface area contributed by atoms with Crippen LogP contribution in [0.5, 0.6) is 0 Å². The summed E-state index contributed by atoms with van der Waals surface area (Å²) in [5.74, 6) is 0.679. The molecule has 1 unspecified atom stereocenters. The second kappa shape index (κ2) is 5.05. The Labute approximate surface area is 101 Å². The molecule has 0 radical (unpaired) electrons. The van der Waals surface area contributed by atoms with Crippen LogP contribution in [-0.4, -0.2) is 17.1 Å². The van der Waals surface area contributed by atoms with Gasteiger partial charge in [-0.05, 0) is 52.9 Å². The summed E-state index contributed by atoms with van der Waals surface area (Å²) in [4.78, 5) is 0. The highest BCUT2D eigenvalue weighted by Crippen LogP contribution is 2.35. The van der Waals surface area contributed by atoms with E-state index in [1.807, 2.05) is 0 Å². The van der Waals surface area contributed by atoms with Crippen molar-refractivity contribution < 1.29 is 0 Å². The predicted octanol–water partition coefficient (Wildman–Crippen LogP) is 3.06. The van der Waals surface area contributed by atoms with Crippen molar-refractivity contribution in [1.82, 2.24) is 5.32 Å². The van der Waals surface area contributed by atoms with Crippen LogP contribution in [0.1, 0.15) is 66.7 Å². The normalized spacial score (nSPS) is 26.6. The smallest absolute Gasteiger partial charge is 0.0133 e. The number of nitrogens with one attached hydrogen (secondary N) is 1. The second-order valence-corrected chi connectivity index (χ2v) is 6.87. The molecule has 1 aliphatic rings. The molecule has 0 aliphatic carbocycles. The lowest BCUT2D eigenvalue weighted by molar-refractivity contribution is 0.111. The number of hydrogen-bond acceptors (Lipinski definition) is 2. The quantitative estimate of drug-likeness (QED) is 0.773. The second-order valence-electron chi connectivity index (χ2n) is 6.87. The maximum Gasteiger partial charge on any atom is 0.0133 e. The fraction of sp³-hybridized carbons (Fsp3) is 1.00. The predicted molar refractivity (Wildman–Crippen MR) is 71.5 cm³/mol. The van der Waals surface area contributed by atoms with E-state index in [0.29, 0.717) is 12.0 Å². The van der Waals surface area contributed by atoms with E-state index in [0.717, 1.165) is 0 Å². The summed E-state index contributed by atoms with van der Waals surface area (Å²) < 4.78 is 0. The van der Waals surface area contributed by atoms with Crippen molar-refractivity contribution in [2.24, 2.45) is 11.7 Å². The average Bonchev–Trinajstić information content (AvgIpc) is 2.09. The van der Waals surface area contributed by atoms with Crippen LogP contribution >= 0.6 is 0 Å². The van der Waals surface area contributed by atoms with E-state index in [-0.39, 0.29) is 11.1 Å². The van der Waals surface area contributed by atoms with Gasteiger partial charge in [-0.15, -0.1) is 0 Å². The van der Waals surface area contributed by atoms with Crippen LogP contribution in [0.3, 0.4) is 0 Å². The summed E-state index contributed by atoms with van der Waals surface area (Å²) in [6, 6.07) is 0.389. The molecule has 1 rings (SSSR count). The summed E-state index contributed by atoms with van der Waals surface area (Å²) in [5, 5.41) is 3.72. The van der Waals surface area contributed by atoms with Crippen LogP contribution in [-0.2, 0) is 0 Å². The van der Waals surface area contributed by atoms with Crippen LogP contribution < -0.4 is 11.1 Å². The maximum absolute atomic E-state index is 6.35. The van der Waals surface area contributed by atoms with Crippen molar-refractivity contribution in [3.8, 4) is 0 Å². The number of piperidine rings is 1. The molecule has 16 heavy (non-hydrogen) atoms. The van der Waals surface area contributed by atoms with Gasteiger partial charge in [0.25, 0.3) is 0 Å². The molecule has 0 spiro atoms. The zero-order chi connectivity index (χ0) is 12.4. The molecule has 0 bridgehead atoms. The molecule has 0 aromatic heterocycles. The van der Waals surface area contributed by atoms with Crippen molar-refractivity contribution in [2.45, 2.75) is 83.8 Å². The summed E-state index contributed by atoms with van der Waals surface area (Å²) in [7, 11) is 0. The first-order chi connectivity index (χ1) is 7.26. The van der Waals surface area contributed by atoms with Crippen LogP contribution in [0.15, 0.2) is 0 Å². The Bertz CT molecular complexity index is 205. The van der Waals surface area contributed by atoms with E-state index in [4.69, 9.17) is 5.73 Å². The maximum atomic E-state index is 6.35. The molecule has 0 aromatic rings. The number of hydrogen-bond donors (Lipinski definition) is 2. The topological polar surface area (TPSA) is 38.0 Å². The van der Waals surface area contributed by atoms with Gasteiger partial charge in [0.2, 0.25) is 0 Å². The molecule has 0 amide bonds. The lowest BCUT2D eigenvalue weighted by Crippen LogP contribution is -2.60. The minimum Gasteiger partial charge on any atom is -0.327 e. The highest BCUT2D eigenvalue weighted by Gasteiger charge is 2.39. The minimum atomic E-state index is 0.232. The van der Waals surface area contributed by atoms with Gasteiger partial charge in [-0.2, -0.15) is 0 Å². The first-order valence-electron chi connectivity index (χ1n) is 6.81. The molecule has 3 N–H and O–H groups in total. The van der Waals surface area contributed by atoms with Crippen molar-refractivity contribution in [2.75, 3.05) is 0 Å². The molecule has 2 heteroatoms. The van der Waals surface area contributed by atoms with Crippen molar-refractivity contribution in [3.05, 3.63) is 0 Å². The Hall–Kier alpha value is -0.0800. The summed E-state index contributed by atoms with van der Waals surface area (Å²) in [5.41, 5.74) is 6.81. The van der Waals surface area contributed by atoms with Crippen LogP contribution in [0, 0.1) is 5.92 Å². The van der Waals surface area contributed by atoms with Gasteiger partial charge in [-0.1, -0.05) is 19.8 Å². The van der Waals surface area contributed by atoms with Crippen molar-refractivity contribution in [1.29, 1.82) is 0 Å². The third-order valence-electron chi connectivity index (χ3n) is 3.72. The number of rotatable bonds is 4. The Morgan fingerprint density at radius 1 is 1.19 bits per heavy atom. The lowest BCUT2D eigenvalue weighted by atomic mass is 9.72. The Balaban J connectivity index is 2.59. The highest BCUT2D eigenvalue weighted by atomic mass is 15.1. The average molecular weight is 226 g/mol. The third kappa shape index (κ3) is 4.06. The fourth-order valence-electron chi connectivity index (χ4n) is 3.38. The molecule has 1 saturated heterocycles. The van der Waals surface area contributed by atoms with E-state index < -0.39 is 0 Å². The molecular weight excluding hydrogens is 196 g/mol. The molecule has 0 aromatic carbocycles. The van der Waals surface area contributed by atoms with Gasteiger partial charge in [0.05, 0.1) is 0 Å². The van der Waals surface area contributed by atoms with E-state index in [1.54, 1.807) is 0 Å². The van der Waals surface area contributed by atoms with Gasteiger partial charge in [-0.25, -0.2) is 0 Å². The lowest BCUT2D eigenvalue weighted by Gasteiger charge is -2.48. The number of nitrogens with two attached hydrogens (primary N) is 1. The summed E-state index contributed by atoms with van der Waals surface area (Å²) >= 11 is 0. The van der Waals surface area contributed by atoms with Gasteiger partial charge in [0.15, 0.2) is 0 Å². The molecule has 2 nitrogen and oxygen atoms in total. The van der Waals surface area contributed by atoms with Gasteiger partial charge in [0, 0.05) is 17.1 Å². The molecule has 1 aliphatic heterocycles. The zero-order valence-electron chi connectivity index (χ0n) is 11.8. The summed E-state index contributed by atoms with van der Waals surface area (Å²) in [6.45, 7) is 11.4. The first-order valence-corrected chi connectivity index (χ1v) is 6.81. The van der Waals surface area contributed by atoms with E-state index in [1.165, 1.54) is 32.1 Å². The summed E-state index contributed by atoms with van der Waals surface area (Å²) in [6.07, 6.45) is 6.13. The van der Waals surface area contributed by atoms with Gasteiger partial charge in [0.1, 0.15) is 0 Å². The number of unbranched alkanes of at least 4 members (excludes halogenated alkanes) is 1.